The highest BCUT2D eigenvalue weighted by Gasteiger charge is 2.34. The Morgan fingerprint density at radius 3 is 2.47 bits per heavy atom. The van der Waals surface area contributed by atoms with Crippen LogP contribution >= 0.6 is 0 Å². The van der Waals surface area contributed by atoms with Gasteiger partial charge >= 0.3 is 5.97 Å². The lowest BCUT2D eigenvalue weighted by molar-refractivity contribution is -0.156. The van der Waals surface area contributed by atoms with Gasteiger partial charge in [0.15, 0.2) is 0 Å². The van der Waals surface area contributed by atoms with Gasteiger partial charge in [-0.3, -0.25) is 9.36 Å². The van der Waals surface area contributed by atoms with Crippen LogP contribution in [0.3, 0.4) is 0 Å². The van der Waals surface area contributed by atoms with Crippen molar-refractivity contribution in [2.75, 3.05) is 16.8 Å². The number of anilines is 3. The number of aromatic nitrogens is 3. The minimum Gasteiger partial charge on any atom is -0.458 e. The predicted molar refractivity (Wildman–Crippen MR) is 142 cm³/mol. The molecule has 8 nitrogen and oxygen atoms in total. The number of ether oxygens (including phenoxy) is 1. The topological polar surface area (TPSA) is 89.4 Å². The second-order valence-corrected chi connectivity index (χ2v) is 10.9. The van der Waals surface area contributed by atoms with Crippen molar-refractivity contribution in [3.05, 3.63) is 52.9 Å². The van der Waals surface area contributed by atoms with Gasteiger partial charge in [-0.15, -0.1) is 0 Å². The third kappa shape index (κ3) is 5.22. The second kappa shape index (κ2) is 9.91. The van der Waals surface area contributed by atoms with E-state index in [-0.39, 0.29) is 23.6 Å². The van der Waals surface area contributed by atoms with Gasteiger partial charge in [-0.1, -0.05) is 19.3 Å². The van der Waals surface area contributed by atoms with Crippen molar-refractivity contribution in [2.24, 2.45) is 0 Å². The number of hydrogen-bond acceptors (Lipinski definition) is 7. The van der Waals surface area contributed by atoms with E-state index in [1.807, 2.05) is 49.6 Å². The molecular formula is C28H35N5O3. The van der Waals surface area contributed by atoms with Crippen LogP contribution in [0.5, 0.6) is 0 Å². The Hall–Kier alpha value is -3.42. The van der Waals surface area contributed by atoms with Crippen LogP contribution in [0.4, 0.5) is 17.3 Å². The zero-order valence-electron chi connectivity index (χ0n) is 21.4. The van der Waals surface area contributed by atoms with E-state index in [2.05, 4.69) is 15.2 Å². The normalized spacial score (nSPS) is 19.0. The van der Waals surface area contributed by atoms with Gasteiger partial charge in [-0.2, -0.15) is 4.98 Å². The molecule has 36 heavy (non-hydrogen) atoms. The summed E-state index contributed by atoms with van der Waals surface area (Å²) in [6, 6.07) is 11.3. The van der Waals surface area contributed by atoms with Crippen molar-refractivity contribution in [3.8, 4) is 0 Å². The smallest absolute Gasteiger partial charge is 0.329 e. The standard InChI is InChI=1S/C28H35N5O3/c1-28(2,3)36-26(35)23-10-7-17-32(23)21-14-12-20(13-15-21)30-27-29-18-19-11-16-24(34)33(25(19)31-27)22-8-5-4-6-9-22/h11-16,18,22-23H,4-10,17H2,1-3H3,(H,29,30,31). The highest BCUT2D eigenvalue weighted by molar-refractivity contribution is 5.81. The maximum absolute atomic E-state index is 12.8. The van der Waals surface area contributed by atoms with Crippen LogP contribution in [-0.4, -0.2) is 38.7 Å². The molecule has 0 spiro atoms. The van der Waals surface area contributed by atoms with Gasteiger partial charge in [0.2, 0.25) is 5.95 Å². The molecule has 1 N–H and O–H groups in total. The van der Waals surface area contributed by atoms with E-state index in [9.17, 15) is 9.59 Å². The third-order valence-electron chi connectivity index (χ3n) is 6.99. The molecule has 1 aliphatic carbocycles. The molecule has 3 heterocycles. The quantitative estimate of drug-likeness (QED) is 0.483. The molecule has 5 rings (SSSR count). The van der Waals surface area contributed by atoms with Gasteiger partial charge in [0.1, 0.15) is 17.3 Å². The lowest BCUT2D eigenvalue weighted by Crippen LogP contribution is -2.40. The molecule has 1 saturated carbocycles. The number of nitrogens with zero attached hydrogens (tertiary/aromatic N) is 4. The first kappa shape index (κ1) is 24.3. The van der Waals surface area contributed by atoms with E-state index in [1.165, 1.54) is 6.42 Å². The summed E-state index contributed by atoms with van der Waals surface area (Å²) in [6.07, 6.45) is 9.04. The maximum atomic E-state index is 12.8. The van der Waals surface area contributed by atoms with Gasteiger partial charge in [-0.05, 0) is 76.8 Å². The summed E-state index contributed by atoms with van der Waals surface area (Å²) in [7, 11) is 0. The van der Waals surface area contributed by atoms with Crippen LogP contribution in [0.2, 0.25) is 0 Å². The van der Waals surface area contributed by atoms with Gasteiger partial charge in [0.05, 0.1) is 0 Å². The van der Waals surface area contributed by atoms with E-state index < -0.39 is 5.60 Å². The summed E-state index contributed by atoms with van der Waals surface area (Å²) >= 11 is 0. The molecule has 1 unspecified atom stereocenters. The number of esters is 1. The number of benzene rings is 1. The van der Waals surface area contributed by atoms with Crippen molar-refractivity contribution in [1.82, 2.24) is 14.5 Å². The highest BCUT2D eigenvalue weighted by atomic mass is 16.6. The zero-order chi connectivity index (χ0) is 25.3. The summed E-state index contributed by atoms with van der Waals surface area (Å²) < 4.78 is 7.50. The van der Waals surface area contributed by atoms with E-state index in [1.54, 1.807) is 18.3 Å². The van der Waals surface area contributed by atoms with E-state index in [0.29, 0.717) is 11.6 Å². The van der Waals surface area contributed by atoms with Crippen LogP contribution in [0, 0.1) is 0 Å². The summed E-state index contributed by atoms with van der Waals surface area (Å²) in [6.45, 7) is 6.51. The van der Waals surface area contributed by atoms with Crippen LogP contribution in [0.15, 0.2) is 47.4 Å². The molecule has 2 aliphatic rings. The van der Waals surface area contributed by atoms with Gasteiger partial charge in [0.25, 0.3) is 5.56 Å². The Morgan fingerprint density at radius 1 is 1.00 bits per heavy atom. The lowest BCUT2D eigenvalue weighted by Gasteiger charge is -2.29. The van der Waals surface area contributed by atoms with Gasteiger partial charge in [0, 0.05) is 41.6 Å². The molecule has 1 aromatic carbocycles. The largest absolute Gasteiger partial charge is 0.458 e. The molecule has 190 valence electrons. The summed E-state index contributed by atoms with van der Waals surface area (Å²) in [5, 5.41) is 4.14. The fourth-order valence-electron chi connectivity index (χ4n) is 5.35. The molecule has 1 atom stereocenters. The van der Waals surface area contributed by atoms with Crippen LogP contribution in [-0.2, 0) is 9.53 Å². The van der Waals surface area contributed by atoms with Crippen LogP contribution in [0.25, 0.3) is 11.0 Å². The average molecular weight is 490 g/mol. The minimum absolute atomic E-state index is 0.00597. The van der Waals surface area contributed by atoms with Crippen LogP contribution in [0.1, 0.15) is 71.8 Å². The second-order valence-electron chi connectivity index (χ2n) is 10.9. The van der Waals surface area contributed by atoms with Crippen LogP contribution < -0.4 is 15.8 Å². The maximum Gasteiger partial charge on any atom is 0.329 e. The molecule has 0 bridgehead atoms. The minimum atomic E-state index is -0.499. The molecule has 8 heteroatoms. The monoisotopic (exact) mass is 489 g/mol. The average Bonchev–Trinajstić information content (AvgIpc) is 3.34. The van der Waals surface area contributed by atoms with E-state index in [0.717, 1.165) is 61.8 Å². The fourth-order valence-corrected chi connectivity index (χ4v) is 5.35. The zero-order valence-corrected chi connectivity index (χ0v) is 21.4. The first-order valence-electron chi connectivity index (χ1n) is 13.0. The molecule has 2 fully saturated rings. The lowest BCUT2D eigenvalue weighted by atomic mass is 9.95. The summed E-state index contributed by atoms with van der Waals surface area (Å²) in [5.74, 6) is 0.286. The Morgan fingerprint density at radius 2 is 1.75 bits per heavy atom. The Bertz CT molecular complexity index is 1290. The van der Waals surface area contributed by atoms with E-state index in [4.69, 9.17) is 9.72 Å². The van der Waals surface area contributed by atoms with Crippen molar-refractivity contribution < 1.29 is 9.53 Å². The van der Waals surface area contributed by atoms with Crippen molar-refractivity contribution in [2.45, 2.75) is 83.4 Å². The number of carbonyl (C=O) groups is 1. The Balaban J connectivity index is 1.35. The number of fused-ring (bicyclic) bond motifs is 1. The SMILES string of the molecule is CC(C)(C)OC(=O)C1CCCN1c1ccc(Nc2ncc3ccc(=O)n(C4CCCCC4)c3n2)cc1. The molecule has 1 aliphatic heterocycles. The van der Waals surface area contributed by atoms with Crippen molar-refractivity contribution in [1.29, 1.82) is 0 Å². The number of pyridine rings is 1. The highest BCUT2D eigenvalue weighted by Crippen LogP contribution is 2.31. The number of hydrogen-bond donors (Lipinski definition) is 1. The first-order chi connectivity index (χ1) is 17.3. The number of nitrogens with one attached hydrogen (secondary N) is 1. The molecule has 2 aromatic heterocycles. The number of carbonyl (C=O) groups excluding carboxylic acids is 1. The molecule has 1 saturated heterocycles. The van der Waals surface area contributed by atoms with Crippen molar-refractivity contribution in [3.63, 3.8) is 0 Å². The Kier molecular flexibility index (Phi) is 6.69. The molecule has 3 aromatic rings. The molecule has 0 radical (unpaired) electrons. The van der Waals surface area contributed by atoms with E-state index >= 15 is 0 Å². The van der Waals surface area contributed by atoms with Gasteiger partial charge < -0.3 is 15.0 Å². The Labute approximate surface area is 211 Å². The first-order valence-corrected chi connectivity index (χ1v) is 13.0. The van der Waals surface area contributed by atoms with Crippen molar-refractivity contribution >= 4 is 34.3 Å². The molecule has 0 amide bonds. The fraction of sp³-hybridized carbons (Fsp3) is 0.500. The summed E-state index contributed by atoms with van der Waals surface area (Å²) in [5.41, 5.74) is 2.00. The van der Waals surface area contributed by atoms with Gasteiger partial charge in [-0.25, -0.2) is 9.78 Å². The third-order valence-corrected chi connectivity index (χ3v) is 6.99. The number of rotatable bonds is 5. The summed E-state index contributed by atoms with van der Waals surface area (Å²) in [4.78, 5) is 36.8. The predicted octanol–water partition coefficient (Wildman–Crippen LogP) is 5.35. The molecular weight excluding hydrogens is 454 g/mol.